The summed E-state index contributed by atoms with van der Waals surface area (Å²) >= 11 is 0. The highest BCUT2D eigenvalue weighted by atomic mass is 19.1. The van der Waals surface area contributed by atoms with Crippen LogP contribution in [0, 0.1) is 11.7 Å². The Balaban J connectivity index is 1.14. The predicted molar refractivity (Wildman–Crippen MR) is 141 cm³/mol. The third-order valence-electron chi connectivity index (χ3n) is 8.95. The number of aryl methyl sites for hydroxylation is 3. The number of halogens is 1. The summed E-state index contributed by atoms with van der Waals surface area (Å²) in [5.41, 5.74) is 4.53. The van der Waals surface area contributed by atoms with Crippen LogP contribution in [0.3, 0.4) is 0 Å². The van der Waals surface area contributed by atoms with Gasteiger partial charge in [0.1, 0.15) is 17.9 Å². The number of hydrogen-bond acceptors (Lipinski definition) is 4. The van der Waals surface area contributed by atoms with Crippen molar-refractivity contribution in [2.45, 2.75) is 56.7 Å². The number of benzene rings is 2. The second kappa shape index (κ2) is 8.76. The van der Waals surface area contributed by atoms with Gasteiger partial charge in [-0.1, -0.05) is 24.3 Å². The third-order valence-corrected chi connectivity index (χ3v) is 8.95. The smallest absolute Gasteiger partial charge is 0.325 e. The van der Waals surface area contributed by atoms with E-state index in [9.17, 15) is 18.8 Å². The van der Waals surface area contributed by atoms with E-state index >= 15 is 0 Å². The highest BCUT2D eigenvalue weighted by Crippen LogP contribution is 2.43. The quantitative estimate of drug-likeness (QED) is 0.525. The van der Waals surface area contributed by atoms with Gasteiger partial charge in [0.25, 0.3) is 5.91 Å². The van der Waals surface area contributed by atoms with Crippen LogP contribution in [0.1, 0.15) is 47.9 Å². The first kappa shape index (κ1) is 24.1. The Hall–Kier alpha value is -4.01. The maximum absolute atomic E-state index is 13.9. The van der Waals surface area contributed by atoms with Crippen molar-refractivity contribution < 1.29 is 18.8 Å². The number of rotatable bonds is 4. The normalized spacial score (nSPS) is 24.1. The zero-order valence-electron chi connectivity index (χ0n) is 21.8. The van der Waals surface area contributed by atoms with Crippen LogP contribution in [0.15, 0.2) is 48.8 Å². The fourth-order valence-electron chi connectivity index (χ4n) is 6.76. The summed E-state index contributed by atoms with van der Waals surface area (Å²) in [5.74, 6) is -0.465. The first-order valence-electron chi connectivity index (χ1n) is 13.7. The minimum atomic E-state index is -1.14. The van der Waals surface area contributed by atoms with Crippen LogP contribution in [0.25, 0.3) is 11.1 Å². The molecule has 4 aliphatic rings. The van der Waals surface area contributed by atoms with Crippen LogP contribution in [-0.4, -0.2) is 50.0 Å². The summed E-state index contributed by atoms with van der Waals surface area (Å²) in [6, 6.07) is 10.2. The minimum Gasteiger partial charge on any atom is -0.334 e. The average molecular weight is 528 g/mol. The van der Waals surface area contributed by atoms with E-state index in [2.05, 4.69) is 16.5 Å². The molecule has 9 heteroatoms. The molecule has 1 saturated heterocycles. The number of imide groups is 1. The maximum Gasteiger partial charge on any atom is 0.325 e. The lowest BCUT2D eigenvalue weighted by molar-refractivity contribution is -0.141. The largest absolute Gasteiger partial charge is 0.334 e. The Kier molecular flexibility index (Phi) is 5.40. The van der Waals surface area contributed by atoms with E-state index in [-0.39, 0.29) is 30.2 Å². The number of carbonyl (C=O) groups excluding carboxylic acids is 3. The second-order valence-electron chi connectivity index (χ2n) is 11.4. The van der Waals surface area contributed by atoms with E-state index in [1.54, 1.807) is 23.0 Å². The Morgan fingerprint density at radius 2 is 1.90 bits per heavy atom. The molecule has 2 aliphatic heterocycles. The van der Waals surface area contributed by atoms with Gasteiger partial charge in [-0.25, -0.2) is 9.18 Å². The molecule has 2 aliphatic carbocycles. The van der Waals surface area contributed by atoms with Gasteiger partial charge in [0.05, 0.1) is 6.20 Å². The topological polar surface area (TPSA) is 87.5 Å². The lowest BCUT2D eigenvalue weighted by Crippen LogP contribution is -2.48. The molecule has 39 heavy (non-hydrogen) atoms. The third kappa shape index (κ3) is 3.94. The van der Waals surface area contributed by atoms with Gasteiger partial charge in [0.15, 0.2) is 0 Å². The van der Waals surface area contributed by atoms with Crippen molar-refractivity contribution in [1.29, 1.82) is 0 Å². The van der Waals surface area contributed by atoms with E-state index in [1.165, 1.54) is 6.07 Å². The Morgan fingerprint density at radius 3 is 2.67 bits per heavy atom. The fraction of sp³-hybridized carbons (Fsp3) is 0.400. The number of urea groups is 1. The maximum atomic E-state index is 13.9. The molecule has 1 aromatic heterocycles. The molecule has 7 rings (SSSR count). The zero-order valence-corrected chi connectivity index (χ0v) is 21.8. The van der Waals surface area contributed by atoms with Crippen molar-refractivity contribution in [3.63, 3.8) is 0 Å². The summed E-state index contributed by atoms with van der Waals surface area (Å²) in [4.78, 5) is 43.7. The number of nitrogens with zero attached hydrogens (tertiary/aromatic N) is 4. The summed E-state index contributed by atoms with van der Waals surface area (Å²) in [6.45, 7) is 0.0691. The van der Waals surface area contributed by atoms with Crippen LogP contribution in [0.4, 0.5) is 9.18 Å². The van der Waals surface area contributed by atoms with Crippen molar-refractivity contribution >= 4 is 17.8 Å². The van der Waals surface area contributed by atoms with Crippen LogP contribution in [-0.2, 0) is 41.6 Å². The van der Waals surface area contributed by atoms with Gasteiger partial charge in [-0.15, -0.1) is 0 Å². The molecule has 0 radical (unpaired) electrons. The highest BCUT2D eigenvalue weighted by Gasteiger charge is 2.56. The molecule has 200 valence electrons. The molecule has 1 N–H and O–H groups in total. The molecule has 1 saturated carbocycles. The lowest BCUT2D eigenvalue weighted by Gasteiger charge is -2.31. The monoisotopic (exact) mass is 527 g/mol. The van der Waals surface area contributed by atoms with Gasteiger partial charge in [0.2, 0.25) is 5.91 Å². The summed E-state index contributed by atoms with van der Waals surface area (Å²) in [6.07, 6.45) is 8.43. The number of aromatic nitrogens is 2. The van der Waals surface area contributed by atoms with Crippen molar-refractivity contribution in [2.24, 2.45) is 13.0 Å². The van der Waals surface area contributed by atoms with Crippen molar-refractivity contribution in [3.05, 3.63) is 76.9 Å². The van der Waals surface area contributed by atoms with Crippen LogP contribution < -0.4 is 5.32 Å². The molecule has 2 aromatic carbocycles. The van der Waals surface area contributed by atoms with Crippen LogP contribution in [0.5, 0.6) is 0 Å². The molecular weight excluding hydrogens is 497 g/mol. The van der Waals surface area contributed by atoms with E-state index < -0.39 is 11.6 Å². The molecule has 3 aromatic rings. The van der Waals surface area contributed by atoms with Crippen molar-refractivity contribution in [1.82, 2.24) is 24.9 Å². The molecule has 0 bridgehead atoms. The fourth-order valence-corrected chi connectivity index (χ4v) is 6.76. The van der Waals surface area contributed by atoms with Gasteiger partial charge in [-0.2, -0.15) is 5.10 Å². The van der Waals surface area contributed by atoms with Crippen molar-refractivity contribution in [3.8, 4) is 11.1 Å². The molecule has 3 heterocycles. The van der Waals surface area contributed by atoms with Gasteiger partial charge < -0.3 is 10.2 Å². The number of hydrogen-bond donors (Lipinski definition) is 1. The molecule has 1 unspecified atom stereocenters. The summed E-state index contributed by atoms with van der Waals surface area (Å²) in [5, 5.41) is 7.19. The van der Waals surface area contributed by atoms with Crippen LogP contribution >= 0.6 is 0 Å². The number of amides is 4. The SMILES string of the molecule is Cn1cc(-c2ccc3c(c2)CC[C@]32NC(=O)N(CC(=O)N3Cc4ccc(F)cc4CCC3C3CC3)C2=O)cn1. The predicted octanol–water partition coefficient (Wildman–Crippen LogP) is 3.67. The Bertz CT molecular complexity index is 1530. The van der Waals surface area contributed by atoms with Gasteiger partial charge >= 0.3 is 6.03 Å². The van der Waals surface area contributed by atoms with E-state index in [0.717, 1.165) is 57.5 Å². The standard InChI is InChI=1S/C30H30FN5O3/c1-34-15-23(14-32-34)19-5-8-25-21(12-19)10-11-30(25)28(38)36(29(39)33-30)17-27(37)35-16-22-4-7-24(31)13-20(22)6-9-26(35)18-2-3-18/h4-5,7-8,12-15,18,26H,2-3,6,9-11,16-17H2,1H3,(H,33,39)/t26?,30-/m0/s1. The van der Waals surface area contributed by atoms with Gasteiger partial charge in [-0.05, 0) is 84.4 Å². The van der Waals surface area contributed by atoms with Gasteiger partial charge in [-0.3, -0.25) is 19.2 Å². The molecule has 4 amide bonds. The first-order chi connectivity index (χ1) is 18.8. The van der Waals surface area contributed by atoms with E-state index in [1.807, 2.05) is 30.3 Å². The Labute approximate surface area is 225 Å². The molecular formula is C30H30FN5O3. The van der Waals surface area contributed by atoms with E-state index in [0.29, 0.717) is 31.7 Å². The number of fused-ring (bicyclic) bond motifs is 3. The Morgan fingerprint density at radius 1 is 1.05 bits per heavy atom. The highest BCUT2D eigenvalue weighted by molar-refractivity contribution is 6.10. The zero-order chi connectivity index (χ0) is 26.9. The molecule has 1 spiro atoms. The summed E-state index contributed by atoms with van der Waals surface area (Å²) < 4.78 is 15.6. The van der Waals surface area contributed by atoms with E-state index in [4.69, 9.17) is 0 Å². The lowest BCUT2D eigenvalue weighted by atomic mass is 9.90. The minimum absolute atomic E-state index is 0.0285. The number of nitrogens with one attached hydrogen (secondary N) is 1. The molecule has 8 nitrogen and oxygen atoms in total. The second-order valence-corrected chi connectivity index (χ2v) is 11.4. The van der Waals surface area contributed by atoms with Crippen molar-refractivity contribution in [2.75, 3.05) is 6.54 Å². The molecule has 2 atom stereocenters. The average Bonchev–Trinajstić information content (AvgIpc) is 3.55. The first-order valence-corrected chi connectivity index (χ1v) is 13.7. The van der Waals surface area contributed by atoms with Gasteiger partial charge in [0, 0.05) is 31.4 Å². The number of carbonyl (C=O) groups is 3. The summed E-state index contributed by atoms with van der Waals surface area (Å²) in [7, 11) is 1.87. The van der Waals surface area contributed by atoms with Crippen LogP contribution in [0.2, 0.25) is 0 Å². The molecule has 2 fully saturated rings.